The Balaban J connectivity index is 2.17. The minimum atomic E-state index is -0.989. The molecule has 1 unspecified atom stereocenters. The standard InChI is InChI=1S/C18H30N4O5/c1-12(23)19-15-21(11-18(5,6)14(24)25)10-13-9-20(7-8-22(13)15)16(26)27-17(2,3)4/h13H,7-11H2,1-6H3,(H,24,25)/b19-15-. The van der Waals surface area contributed by atoms with E-state index in [-0.39, 0.29) is 24.6 Å². The van der Waals surface area contributed by atoms with E-state index in [9.17, 15) is 19.5 Å². The monoisotopic (exact) mass is 382 g/mol. The topological polar surface area (TPSA) is 103 Å². The molecule has 2 fully saturated rings. The quantitative estimate of drug-likeness (QED) is 0.783. The molecule has 0 aromatic carbocycles. The molecular formula is C18H30N4O5. The number of amides is 2. The van der Waals surface area contributed by atoms with Crippen LogP contribution in [0.1, 0.15) is 41.5 Å². The number of fused-ring (bicyclic) bond motifs is 1. The molecule has 9 nitrogen and oxygen atoms in total. The zero-order valence-electron chi connectivity index (χ0n) is 17.0. The molecule has 152 valence electrons. The molecule has 1 atom stereocenters. The number of carbonyl (C=O) groups is 3. The van der Waals surface area contributed by atoms with Gasteiger partial charge in [-0.25, -0.2) is 4.79 Å². The van der Waals surface area contributed by atoms with E-state index in [0.29, 0.717) is 32.1 Å². The smallest absolute Gasteiger partial charge is 0.410 e. The Morgan fingerprint density at radius 3 is 2.30 bits per heavy atom. The maximum Gasteiger partial charge on any atom is 0.410 e. The predicted octanol–water partition coefficient (Wildman–Crippen LogP) is 1.24. The lowest BCUT2D eigenvalue weighted by atomic mass is 9.93. The van der Waals surface area contributed by atoms with Crippen LogP contribution in [0.25, 0.3) is 0 Å². The van der Waals surface area contributed by atoms with E-state index in [2.05, 4.69) is 4.99 Å². The number of hydrogen-bond donors (Lipinski definition) is 1. The summed E-state index contributed by atoms with van der Waals surface area (Å²) >= 11 is 0. The van der Waals surface area contributed by atoms with Gasteiger partial charge in [0.15, 0.2) is 0 Å². The average molecular weight is 382 g/mol. The summed E-state index contributed by atoms with van der Waals surface area (Å²) in [6, 6.07) is -0.0611. The summed E-state index contributed by atoms with van der Waals surface area (Å²) in [4.78, 5) is 45.1. The van der Waals surface area contributed by atoms with Gasteiger partial charge in [-0.2, -0.15) is 4.99 Å². The van der Waals surface area contributed by atoms with E-state index in [1.807, 2.05) is 30.6 Å². The Labute approximate surface area is 159 Å². The highest BCUT2D eigenvalue weighted by atomic mass is 16.6. The first-order valence-electron chi connectivity index (χ1n) is 9.12. The molecule has 2 amide bonds. The molecule has 2 aliphatic rings. The fourth-order valence-electron chi connectivity index (χ4n) is 3.24. The first-order chi connectivity index (χ1) is 12.3. The number of guanidine groups is 1. The molecule has 1 N–H and O–H groups in total. The predicted molar refractivity (Wildman–Crippen MR) is 99.4 cm³/mol. The summed E-state index contributed by atoms with van der Waals surface area (Å²) in [6.45, 7) is 12.3. The molecule has 0 aromatic heterocycles. The molecule has 0 saturated carbocycles. The van der Waals surface area contributed by atoms with Crippen LogP contribution in [0.4, 0.5) is 4.79 Å². The van der Waals surface area contributed by atoms with Crippen LogP contribution in [-0.2, 0) is 14.3 Å². The zero-order valence-corrected chi connectivity index (χ0v) is 17.0. The summed E-state index contributed by atoms with van der Waals surface area (Å²) < 4.78 is 5.45. The number of carboxylic acid groups (broad SMARTS) is 1. The maximum atomic E-state index is 12.4. The normalized spacial score (nSPS) is 22.1. The summed E-state index contributed by atoms with van der Waals surface area (Å²) in [6.07, 6.45) is -0.364. The lowest BCUT2D eigenvalue weighted by Crippen LogP contribution is -2.55. The fraction of sp³-hybridized carbons (Fsp3) is 0.778. The van der Waals surface area contributed by atoms with Crippen molar-refractivity contribution >= 4 is 23.9 Å². The number of carbonyl (C=O) groups excluding carboxylic acids is 2. The molecule has 2 saturated heterocycles. The van der Waals surface area contributed by atoms with E-state index in [4.69, 9.17) is 4.74 Å². The van der Waals surface area contributed by atoms with Crippen LogP contribution >= 0.6 is 0 Å². The maximum absolute atomic E-state index is 12.4. The van der Waals surface area contributed by atoms with Crippen molar-refractivity contribution in [1.29, 1.82) is 0 Å². The summed E-state index contributed by atoms with van der Waals surface area (Å²) in [5.74, 6) is -0.756. The van der Waals surface area contributed by atoms with Gasteiger partial charge >= 0.3 is 12.1 Å². The molecule has 27 heavy (non-hydrogen) atoms. The van der Waals surface area contributed by atoms with E-state index in [1.54, 1.807) is 18.7 Å². The molecule has 0 spiro atoms. The fourth-order valence-corrected chi connectivity index (χ4v) is 3.24. The van der Waals surface area contributed by atoms with Crippen LogP contribution < -0.4 is 0 Å². The van der Waals surface area contributed by atoms with Crippen LogP contribution in [0.5, 0.6) is 0 Å². The minimum Gasteiger partial charge on any atom is -0.481 e. The van der Waals surface area contributed by atoms with E-state index in [1.165, 1.54) is 6.92 Å². The summed E-state index contributed by atoms with van der Waals surface area (Å²) in [5.41, 5.74) is -1.56. The second-order valence-electron chi connectivity index (χ2n) is 8.77. The third-order valence-corrected chi connectivity index (χ3v) is 4.53. The molecular weight excluding hydrogens is 352 g/mol. The van der Waals surface area contributed by atoms with Gasteiger partial charge in [0, 0.05) is 39.6 Å². The third-order valence-electron chi connectivity index (χ3n) is 4.53. The van der Waals surface area contributed by atoms with E-state index in [0.717, 1.165) is 0 Å². The Bertz CT molecular complexity index is 653. The number of hydrogen-bond acceptors (Lipinski definition) is 4. The largest absolute Gasteiger partial charge is 0.481 e. The van der Waals surface area contributed by atoms with Gasteiger partial charge in [-0.3, -0.25) is 9.59 Å². The van der Waals surface area contributed by atoms with Crippen molar-refractivity contribution < 1.29 is 24.2 Å². The van der Waals surface area contributed by atoms with Crippen molar-refractivity contribution in [3.05, 3.63) is 0 Å². The van der Waals surface area contributed by atoms with Crippen LogP contribution in [0.15, 0.2) is 4.99 Å². The van der Waals surface area contributed by atoms with Gasteiger partial charge in [0.05, 0.1) is 11.5 Å². The van der Waals surface area contributed by atoms with Crippen molar-refractivity contribution in [1.82, 2.24) is 14.7 Å². The SMILES string of the molecule is CC(=O)/N=C1/N(CC(C)(C)C(=O)O)CC2CN(C(=O)OC(C)(C)C)CCN12. The number of rotatable bonds is 3. The van der Waals surface area contributed by atoms with Gasteiger partial charge in [-0.15, -0.1) is 0 Å². The first kappa shape index (κ1) is 21.0. The molecule has 0 radical (unpaired) electrons. The van der Waals surface area contributed by atoms with Crippen molar-refractivity contribution in [3.63, 3.8) is 0 Å². The number of aliphatic carboxylic acids is 1. The molecule has 2 heterocycles. The van der Waals surface area contributed by atoms with Gasteiger partial charge in [0.25, 0.3) is 0 Å². The highest BCUT2D eigenvalue weighted by Crippen LogP contribution is 2.26. The second-order valence-corrected chi connectivity index (χ2v) is 8.77. The van der Waals surface area contributed by atoms with Crippen LogP contribution in [0.2, 0.25) is 0 Å². The highest BCUT2D eigenvalue weighted by Gasteiger charge is 2.43. The molecule has 9 heteroatoms. The lowest BCUT2D eigenvalue weighted by Gasteiger charge is -2.38. The zero-order chi connectivity index (χ0) is 20.6. The van der Waals surface area contributed by atoms with Crippen molar-refractivity contribution in [2.75, 3.05) is 32.7 Å². The van der Waals surface area contributed by atoms with Gasteiger partial charge in [-0.1, -0.05) is 0 Å². The van der Waals surface area contributed by atoms with Crippen LogP contribution in [-0.4, -0.2) is 88.1 Å². The van der Waals surface area contributed by atoms with Crippen molar-refractivity contribution in [2.24, 2.45) is 10.4 Å². The Morgan fingerprint density at radius 2 is 1.78 bits per heavy atom. The molecule has 0 aromatic rings. The lowest BCUT2D eigenvalue weighted by molar-refractivity contribution is -0.147. The number of ether oxygens (including phenoxy) is 1. The Morgan fingerprint density at radius 1 is 1.15 bits per heavy atom. The van der Waals surface area contributed by atoms with Crippen molar-refractivity contribution in [3.8, 4) is 0 Å². The Hall–Kier alpha value is -2.32. The van der Waals surface area contributed by atoms with E-state index >= 15 is 0 Å². The third kappa shape index (κ3) is 5.11. The highest BCUT2D eigenvalue weighted by molar-refractivity contribution is 5.94. The van der Waals surface area contributed by atoms with Gasteiger partial charge < -0.3 is 24.5 Å². The number of nitrogens with zero attached hydrogens (tertiary/aromatic N) is 4. The van der Waals surface area contributed by atoms with Crippen molar-refractivity contribution in [2.45, 2.75) is 53.2 Å². The average Bonchev–Trinajstić information content (AvgIpc) is 2.81. The number of aliphatic imine (C=N–C) groups is 1. The van der Waals surface area contributed by atoms with Crippen LogP contribution in [0.3, 0.4) is 0 Å². The Kier molecular flexibility index (Phi) is 5.72. The molecule has 0 bridgehead atoms. The second kappa shape index (κ2) is 7.36. The van der Waals surface area contributed by atoms with Gasteiger partial charge in [-0.05, 0) is 34.6 Å². The minimum absolute atomic E-state index is 0.0611. The molecule has 0 aliphatic carbocycles. The van der Waals surface area contributed by atoms with Gasteiger partial charge in [0.1, 0.15) is 5.60 Å². The first-order valence-corrected chi connectivity index (χ1v) is 9.12. The van der Waals surface area contributed by atoms with Crippen LogP contribution in [0, 0.1) is 5.41 Å². The number of piperazine rings is 1. The summed E-state index contributed by atoms with van der Waals surface area (Å²) in [5, 5.41) is 9.43. The summed E-state index contributed by atoms with van der Waals surface area (Å²) in [7, 11) is 0. The molecule has 2 aliphatic heterocycles. The van der Waals surface area contributed by atoms with E-state index < -0.39 is 17.0 Å². The number of carboxylic acids is 1. The van der Waals surface area contributed by atoms with Gasteiger partial charge in [0.2, 0.25) is 11.9 Å². The molecule has 2 rings (SSSR count).